The monoisotopic (exact) mass is 269 g/mol. The Balaban J connectivity index is 2.01. The summed E-state index contributed by atoms with van der Waals surface area (Å²) in [6.45, 7) is 4.47. The summed E-state index contributed by atoms with van der Waals surface area (Å²) in [5.41, 5.74) is 7.28. The van der Waals surface area contributed by atoms with Gasteiger partial charge in [-0.25, -0.2) is 0 Å². The molecule has 0 aliphatic carbocycles. The number of nitrogen functional groups attached to an aromatic ring is 1. The second-order valence-electron chi connectivity index (χ2n) is 4.84. The fourth-order valence-electron chi connectivity index (χ4n) is 1.96. The SMILES string of the molecule is Cc1ccc(CNC(=O)c2ccc(NN)c(C)c2)cc1. The number of hydrogen-bond acceptors (Lipinski definition) is 3. The van der Waals surface area contributed by atoms with E-state index in [0.717, 1.165) is 16.8 Å². The highest BCUT2D eigenvalue weighted by Gasteiger charge is 2.07. The van der Waals surface area contributed by atoms with Gasteiger partial charge in [0, 0.05) is 12.1 Å². The second-order valence-corrected chi connectivity index (χ2v) is 4.84. The molecule has 0 saturated heterocycles. The number of rotatable bonds is 4. The highest BCUT2D eigenvalue weighted by atomic mass is 16.1. The smallest absolute Gasteiger partial charge is 0.251 e. The van der Waals surface area contributed by atoms with E-state index in [1.54, 1.807) is 12.1 Å². The summed E-state index contributed by atoms with van der Waals surface area (Å²) in [5, 5.41) is 2.91. The number of carbonyl (C=O) groups is 1. The van der Waals surface area contributed by atoms with E-state index in [-0.39, 0.29) is 5.91 Å². The number of aryl methyl sites for hydroxylation is 2. The van der Waals surface area contributed by atoms with Crippen LogP contribution < -0.4 is 16.6 Å². The number of nitrogens with one attached hydrogen (secondary N) is 2. The summed E-state index contributed by atoms with van der Waals surface area (Å²) in [6, 6.07) is 13.5. The van der Waals surface area contributed by atoms with Crippen LogP contribution in [-0.4, -0.2) is 5.91 Å². The summed E-state index contributed by atoms with van der Waals surface area (Å²) < 4.78 is 0. The quantitative estimate of drug-likeness (QED) is 0.590. The average molecular weight is 269 g/mol. The van der Waals surface area contributed by atoms with Crippen LogP contribution in [-0.2, 0) is 6.54 Å². The number of amides is 1. The van der Waals surface area contributed by atoms with Gasteiger partial charge in [0.15, 0.2) is 0 Å². The third-order valence-corrected chi connectivity index (χ3v) is 3.22. The van der Waals surface area contributed by atoms with E-state index in [4.69, 9.17) is 5.84 Å². The van der Waals surface area contributed by atoms with Gasteiger partial charge in [-0.15, -0.1) is 0 Å². The van der Waals surface area contributed by atoms with Crippen LogP contribution in [0.25, 0.3) is 0 Å². The molecule has 4 nitrogen and oxygen atoms in total. The van der Waals surface area contributed by atoms with E-state index in [2.05, 4.69) is 10.7 Å². The summed E-state index contributed by atoms with van der Waals surface area (Å²) in [5.74, 6) is 5.29. The highest BCUT2D eigenvalue weighted by molar-refractivity contribution is 5.94. The van der Waals surface area contributed by atoms with Gasteiger partial charge in [0.05, 0.1) is 5.69 Å². The van der Waals surface area contributed by atoms with Crippen LogP contribution in [0.1, 0.15) is 27.0 Å². The first kappa shape index (κ1) is 14.1. The van der Waals surface area contributed by atoms with Crippen LogP contribution >= 0.6 is 0 Å². The number of hydrazine groups is 1. The van der Waals surface area contributed by atoms with Gasteiger partial charge in [0.1, 0.15) is 0 Å². The molecule has 0 unspecified atom stereocenters. The Bertz CT molecular complexity index is 606. The molecule has 0 heterocycles. The fourth-order valence-corrected chi connectivity index (χ4v) is 1.96. The molecule has 104 valence electrons. The minimum Gasteiger partial charge on any atom is -0.348 e. The number of benzene rings is 2. The number of hydrogen-bond donors (Lipinski definition) is 3. The largest absolute Gasteiger partial charge is 0.348 e. The maximum Gasteiger partial charge on any atom is 0.251 e. The lowest BCUT2D eigenvalue weighted by Crippen LogP contribution is -2.23. The van der Waals surface area contributed by atoms with Crippen molar-refractivity contribution in [3.05, 3.63) is 64.7 Å². The normalized spacial score (nSPS) is 10.2. The van der Waals surface area contributed by atoms with E-state index >= 15 is 0 Å². The molecule has 4 heteroatoms. The van der Waals surface area contributed by atoms with Crippen LogP contribution in [0.3, 0.4) is 0 Å². The van der Waals surface area contributed by atoms with Crippen molar-refractivity contribution in [2.24, 2.45) is 5.84 Å². The molecular weight excluding hydrogens is 250 g/mol. The topological polar surface area (TPSA) is 67.2 Å². The Kier molecular flexibility index (Phi) is 4.38. The molecule has 1 amide bonds. The minimum atomic E-state index is -0.0859. The Hall–Kier alpha value is -2.33. The summed E-state index contributed by atoms with van der Waals surface area (Å²) >= 11 is 0. The summed E-state index contributed by atoms with van der Waals surface area (Å²) in [7, 11) is 0. The Morgan fingerprint density at radius 3 is 2.40 bits per heavy atom. The molecule has 2 aromatic carbocycles. The van der Waals surface area contributed by atoms with Crippen LogP contribution in [0.15, 0.2) is 42.5 Å². The van der Waals surface area contributed by atoms with Crippen molar-refractivity contribution in [1.82, 2.24) is 5.32 Å². The van der Waals surface area contributed by atoms with Gasteiger partial charge in [-0.05, 0) is 43.2 Å². The molecule has 20 heavy (non-hydrogen) atoms. The Morgan fingerprint density at radius 1 is 1.10 bits per heavy atom. The van der Waals surface area contributed by atoms with Crippen molar-refractivity contribution in [3.63, 3.8) is 0 Å². The average Bonchev–Trinajstić information content (AvgIpc) is 2.46. The summed E-state index contributed by atoms with van der Waals surface area (Å²) in [6.07, 6.45) is 0. The van der Waals surface area contributed by atoms with Gasteiger partial charge >= 0.3 is 0 Å². The van der Waals surface area contributed by atoms with Crippen LogP contribution in [0.2, 0.25) is 0 Å². The number of carbonyl (C=O) groups excluding carboxylic acids is 1. The summed E-state index contributed by atoms with van der Waals surface area (Å²) in [4.78, 5) is 12.1. The van der Waals surface area contributed by atoms with Gasteiger partial charge in [-0.2, -0.15) is 0 Å². The lowest BCUT2D eigenvalue weighted by atomic mass is 10.1. The zero-order chi connectivity index (χ0) is 14.5. The second kappa shape index (κ2) is 6.21. The molecule has 0 bridgehead atoms. The molecular formula is C16H19N3O. The van der Waals surface area contributed by atoms with E-state index in [1.807, 2.05) is 44.2 Å². The number of anilines is 1. The third-order valence-electron chi connectivity index (χ3n) is 3.22. The maximum atomic E-state index is 12.1. The molecule has 0 atom stereocenters. The molecule has 2 rings (SSSR count). The van der Waals surface area contributed by atoms with E-state index < -0.39 is 0 Å². The minimum absolute atomic E-state index is 0.0859. The molecule has 2 aromatic rings. The third kappa shape index (κ3) is 3.36. The van der Waals surface area contributed by atoms with Crippen molar-refractivity contribution in [3.8, 4) is 0 Å². The first-order valence-electron chi connectivity index (χ1n) is 6.51. The van der Waals surface area contributed by atoms with Crippen LogP contribution in [0, 0.1) is 13.8 Å². The molecule has 0 saturated carbocycles. The fraction of sp³-hybridized carbons (Fsp3) is 0.188. The van der Waals surface area contributed by atoms with Gasteiger partial charge in [-0.3, -0.25) is 10.6 Å². The first-order chi connectivity index (χ1) is 9.60. The standard InChI is InChI=1S/C16H19N3O/c1-11-3-5-13(6-4-11)10-18-16(20)14-7-8-15(19-17)12(2)9-14/h3-9,19H,10,17H2,1-2H3,(H,18,20). The predicted molar refractivity (Wildman–Crippen MR) is 81.3 cm³/mol. The van der Waals surface area contributed by atoms with Gasteiger partial charge in [0.25, 0.3) is 5.91 Å². The van der Waals surface area contributed by atoms with Crippen molar-refractivity contribution in [1.29, 1.82) is 0 Å². The van der Waals surface area contributed by atoms with E-state index in [9.17, 15) is 4.79 Å². The lowest BCUT2D eigenvalue weighted by Gasteiger charge is -2.09. The highest BCUT2D eigenvalue weighted by Crippen LogP contribution is 2.15. The van der Waals surface area contributed by atoms with Crippen molar-refractivity contribution >= 4 is 11.6 Å². The van der Waals surface area contributed by atoms with Gasteiger partial charge in [-0.1, -0.05) is 29.8 Å². The Morgan fingerprint density at radius 2 is 1.80 bits per heavy atom. The lowest BCUT2D eigenvalue weighted by molar-refractivity contribution is 0.0951. The van der Waals surface area contributed by atoms with Gasteiger partial charge in [0.2, 0.25) is 0 Å². The zero-order valence-electron chi connectivity index (χ0n) is 11.7. The van der Waals surface area contributed by atoms with E-state index in [0.29, 0.717) is 12.1 Å². The van der Waals surface area contributed by atoms with Gasteiger partial charge < -0.3 is 10.7 Å². The van der Waals surface area contributed by atoms with Crippen LogP contribution in [0.4, 0.5) is 5.69 Å². The molecule has 0 aliphatic heterocycles. The maximum absolute atomic E-state index is 12.1. The first-order valence-corrected chi connectivity index (χ1v) is 6.51. The van der Waals surface area contributed by atoms with Crippen molar-refractivity contribution < 1.29 is 4.79 Å². The molecule has 0 aliphatic rings. The molecule has 0 spiro atoms. The molecule has 0 radical (unpaired) electrons. The van der Waals surface area contributed by atoms with E-state index in [1.165, 1.54) is 5.56 Å². The number of nitrogens with two attached hydrogens (primary N) is 1. The van der Waals surface area contributed by atoms with Crippen molar-refractivity contribution in [2.45, 2.75) is 20.4 Å². The molecule has 0 fully saturated rings. The van der Waals surface area contributed by atoms with Crippen molar-refractivity contribution in [2.75, 3.05) is 5.43 Å². The van der Waals surface area contributed by atoms with Crippen LogP contribution in [0.5, 0.6) is 0 Å². The molecule has 4 N–H and O–H groups in total. The Labute approximate surface area is 119 Å². The predicted octanol–water partition coefficient (Wildman–Crippen LogP) is 2.52. The zero-order valence-corrected chi connectivity index (χ0v) is 11.7. The molecule has 0 aromatic heterocycles.